The maximum Gasteiger partial charge on any atom is 0.387 e. The Morgan fingerprint density at radius 3 is 2.71 bits per heavy atom. The third-order valence-electron chi connectivity index (χ3n) is 5.85. The van der Waals surface area contributed by atoms with Gasteiger partial charge in [-0.3, -0.25) is 9.48 Å². The number of alkyl halides is 4. The average molecular weight is 590 g/mol. The van der Waals surface area contributed by atoms with E-state index < -0.39 is 19.1 Å². The smallest absolute Gasteiger partial charge is 0.387 e. The first-order valence-electron chi connectivity index (χ1n) is 12.3. The van der Waals surface area contributed by atoms with E-state index in [1.807, 2.05) is 19.0 Å². The van der Waals surface area contributed by atoms with Crippen molar-refractivity contribution in [3.63, 3.8) is 0 Å². The summed E-state index contributed by atoms with van der Waals surface area (Å²) in [5.41, 5.74) is 0.192. The number of carbonyl (C=O) groups excluding carboxylic acids is 1. The van der Waals surface area contributed by atoms with E-state index in [1.165, 1.54) is 27.8 Å². The van der Waals surface area contributed by atoms with E-state index in [4.69, 9.17) is 0 Å². The van der Waals surface area contributed by atoms with Gasteiger partial charge in [0.2, 0.25) is 0 Å². The Balaban J connectivity index is 1.56. The number of aromatic nitrogens is 9. The number of nitrogens with one attached hydrogen (secondary N) is 1. The first-order chi connectivity index (χ1) is 20.2. The Bertz CT molecular complexity index is 1690. The molecule has 0 saturated heterocycles. The van der Waals surface area contributed by atoms with Gasteiger partial charge >= 0.3 is 13.2 Å². The Kier molecular flexibility index (Phi) is 8.23. The number of rotatable bonds is 12. The quantitative estimate of drug-likeness (QED) is 0.216. The number of hydrogen-bond acceptors (Lipinski definition) is 10. The number of ether oxygens (including phenoxy) is 2. The van der Waals surface area contributed by atoms with Crippen molar-refractivity contribution in [3.8, 4) is 22.8 Å². The van der Waals surface area contributed by atoms with E-state index in [9.17, 15) is 22.4 Å². The van der Waals surface area contributed by atoms with Crippen LogP contribution in [0.1, 0.15) is 16.2 Å². The summed E-state index contributed by atoms with van der Waals surface area (Å²) in [5.74, 6) is -0.959. The molecule has 5 aromatic rings. The molecule has 0 saturated carbocycles. The van der Waals surface area contributed by atoms with Crippen LogP contribution in [0, 0.1) is 0 Å². The zero-order chi connectivity index (χ0) is 29.8. The van der Waals surface area contributed by atoms with Crippen LogP contribution in [0.25, 0.3) is 16.9 Å². The molecule has 1 N–H and O–H groups in total. The van der Waals surface area contributed by atoms with E-state index in [1.54, 1.807) is 16.9 Å². The Hall–Kier alpha value is -5.13. The SMILES string of the molecule is CN(C)CCn1nnnc1Cn1cc(NC(=O)c2cnn3cccnc23)c(-c2cc(OC(F)F)ccc2OC(F)F)n1. The number of carbonyl (C=O) groups is 1. The molecule has 220 valence electrons. The Morgan fingerprint density at radius 1 is 1.14 bits per heavy atom. The third-order valence-corrected chi connectivity index (χ3v) is 5.85. The predicted octanol–water partition coefficient (Wildman–Crippen LogP) is 2.64. The molecule has 14 nitrogen and oxygen atoms in total. The van der Waals surface area contributed by atoms with E-state index >= 15 is 0 Å². The Morgan fingerprint density at radius 2 is 1.95 bits per heavy atom. The number of anilines is 1. The highest BCUT2D eigenvalue weighted by Gasteiger charge is 2.23. The van der Waals surface area contributed by atoms with Crippen molar-refractivity contribution in [1.82, 2.24) is 49.5 Å². The summed E-state index contributed by atoms with van der Waals surface area (Å²) < 4.78 is 66.0. The van der Waals surface area contributed by atoms with Gasteiger partial charge in [-0.05, 0) is 48.8 Å². The molecule has 0 fully saturated rings. The van der Waals surface area contributed by atoms with Gasteiger partial charge in [-0.2, -0.15) is 27.8 Å². The molecular weight excluding hydrogens is 566 g/mol. The zero-order valence-electron chi connectivity index (χ0n) is 22.1. The number of amides is 1. The maximum atomic E-state index is 13.3. The molecule has 1 amide bonds. The third kappa shape index (κ3) is 6.43. The van der Waals surface area contributed by atoms with Crippen molar-refractivity contribution in [2.24, 2.45) is 0 Å². The minimum absolute atomic E-state index is 0.0137. The van der Waals surface area contributed by atoms with Gasteiger partial charge in [-0.15, -0.1) is 5.10 Å². The van der Waals surface area contributed by atoms with Gasteiger partial charge in [0.1, 0.15) is 29.3 Å². The summed E-state index contributed by atoms with van der Waals surface area (Å²) in [5, 5.41) is 23.0. The van der Waals surface area contributed by atoms with Crippen LogP contribution >= 0.6 is 0 Å². The number of fused-ring (bicyclic) bond motifs is 1. The van der Waals surface area contributed by atoms with Gasteiger partial charge in [0, 0.05) is 25.1 Å². The van der Waals surface area contributed by atoms with Crippen molar-refractivity contribution in [3.05, 3.63) is 60.4 Å². The van der Waals surface area contributed by atoms with Gasteiger partial charge in [0.15, 0.2) is 11.5 Å². The van der Waals surface area contributed by atoms with Crippen LogP contribution in [0.5, 0.6) is 11.5 Å². The normalized spacial score (nSPS) is 11.6. The van der Waals surface area contributed by atoms with Crippen LogP contribution < -0.4 is 14.8 Å². The second-order valence-corrected chi connectivity index (χ2v) is 9.03. The molecule has 0 aliphatic carbocycles. The van der Waals surface area contributed by atoms with Crippen molar-refractivity contribution in [1.29, 1.82) is 0 Å². The number of likely N-dealkylation sites (N-methyl/N-ethyl adjacent to an activating group) is 1. The Labute approximate surface area is 234 Å². The second kappa shape index (κ2) is 12.2. The van der Waals surface area contributed by atoms with Crippen LogP contribution in [0.15, 0.2) is 49.1 Å². The molecule has 1 aromatic carbocycles. The van der Waals surface area contributed by atoms with Gasteiger partial charge in [-0.1, -0.05) is 0 Å². The summed E-state index contributed by atoms with van der Waals surface area (Å²) in [6.45, 7) is -5.30. The number of benzene rings is 1. The van der Waals surface area contributed by atoms with Crippen LogP contribution in [-0.4, -0.2) is 89.3 Å². The average Bonchev–Trinajstić information content (AvgIpc) is 3.66. The molecule has 0 radical (unpaired) electrons. The topological polar surface area (TPSA) is 142 Å². The zero-order valence-corrected chi connectivity index (χ0v) is 22.1. The van der Waals surface area contributed by atoms with Crippen LogP contribution in [0.4, 0.5) is 23.2 Å². The first kappa shape index (κ1) is 28.4. The fourth-order valence-electron chi connectivity index (χ4n) is 3.99. The van der Waals surface area contributed by atoms with Gasteiger partial charge in [0.05, 0.1) is 24.0 Å². The molecule has 0 aliphatic heterocycles. The highest BCUT2D eigenvalue weighted by molar-refractivity contribution is 6.09. The molecule has 0 bridgehead atoms. The fraction of sp³-hybridized carbons (Fsp3) is 0.292. The highest BCUT2D eigenvalue weighted by Crippen LogP contribution is 2.38. The van der Waals surface area contributed by atoms with Crippen molar-refractivity contribution in [2.45, 2.75) is 26.3 Å². The largest absolute Gasteiger partial charge is 0.435 e. The molecule has 42 heavy (non-hydrogen) atoms. The predicted molar refractivity (Wildman–Crippen MR) is 137 cm³/mol. The maximum absolute atomic E-state index is 13.3. The summed E-state index contributed by atoms with van der Waals surface area (Å²) in [6, 6.07) is 4.78. The van der Waals surface area contributed by atoms with Gasteiger partial charge in [0.25, 0.3) is 5.91 Å². The summed E-state index contributed by atoms with van der Waals surface area (Å²) >= 11 is 0. The van der Waals surface area contributed by atoms with E-state index in [0.717, 1.165) is 18.2 Å². The lowest BCUT2D eigenvalue weighted by Gasteiger charge is -2.13. The monoisotopic (exact) mass is 589 g/mol. The van der Waals surface area contributed by atoms with E-state index in [0.29, 0.717) is 18.9 Å². The summed E-state index contributed by atoms with van der Waals surface area (Å²) in [6.07, 6.45) is 5.82. The molecule has 5 rings (SSSR count). The molecule has 0 unspecified atom stereocenters. The van der Waals surface area contributed by atoms with Crippen molar-refractivity contribution < 1.29 is 31.8 Å². The molecule has 0 spiro atoms. The standard InChI is InChI=1S/C24H23F4N11O3/c1-36(2)8-9-38-19(32-34-35-38)13-37-12-17(31-22(40)16-11-30-39-7-3-6-29-21(16)39)20(33-37)15-10-14(41-23(25)26)4-5-18(15)42-24(27)28/h3-7,10-12,23-24H,8-9,13H2,1-2H3,(H,31,40). The number of halogens is 4. The summed E-state index contributed by atoms with van der Waals surface area (Å²) in [7, 11) is 3.78. The number of nitrogens with zero attached hydrogens (tertiary/aromatic N) is 10. The number of tetrazole rings is 1. The van der Waals surface area contributed by atoms with Crippen LogP contribution in [0.2, 0.25) is 0 Å². The van der Waals surface area contributed by atoms with Crippen LogP contribution in [-0.2, 0) is 13.1 Å². The molecule has 0 aliphatic rings. The van der Waals surface area contributed by atoms with E-state index in [2.05, 4.69) is 45.5 Å². The lowest BCUT2D eigenvalue weighted by atomic mass is 10.1. The first-order valence-corrected chi connectivity index (χ1v) is 12.3. The molecular formula is C24H23F4N11O3. The lowest BCUT2D eigenvalue weighted by Crippen LogP contribution is -2.21. The molecule has 0 atom stereocenters. The summed E-state index contributed by atoms with van der Waals surface area (Å²) in [4.78, 5) is 19.4. The van der Waals surface area contributed by atoms with Gasteiger partial charge < -0.3 is 19.7 Å². The van der Waals surface area contributed by atoms with Crippen molar-refractivity contribution in [2.75, 3.05) is 26.0 Å². The highest BCUT2D eigenvalue weighted by atomic mass is 19.3. The van der Waals surface area contributed by atoms with Crippen LogP contribution in [0.3, 0.4) is 0 Å². The lowest BCUT2D eigenvalue weighted by molar-refractivity contribution is -0.0526. The molecule has 4 heterocycles. The van der Waals surface area contributed by atoms with E-state index in [-0.39, 0.29) is 46.2 Å². The number of hydrogen-bond donors (Lipinski definition) is 1. The van der Waals surface area contributed by atoms with Gasteiger partial charge in [-0.25, -0.2) is 14.2 Å². The molecule has 18 heteroatoms. The minimum Gasteiger partial charge on any atom is -0.435 e. The fourth-order valence-corrected chi connectivity index (χ4v) is 3.99. The van der Waals surface area contributed by atoms with Crippen molar-refractivity contribution >= 4 is 17.2 Å². The molecule has 4 aromatic heterocycles. The second-order valence-electron chi connectivity index (χ2n) is 9.03. The minimum atomic E-state index is -3.24.